The van der Waals surface area contributed by atoms with E-state index in [-0.39, 0.29) is 6.42 Å². The molecular weight excluding hydrogens is 196 g/mol. The van der Waals surface area contributed by atoms with Crippen molar-refractivity contribution in [2.24, 2.45) is 5.73 Å². The number of hydrogen-bond acceptors (Lipinski definition) is 4. The summed E-state index contributed by atoms with van der Waals surface area (Å²) in [5, 5.41) is 8.33. The summed E-state index contributed by atoms with van der Waals surface area (Å²) >= 11 is 0. The Labute approximate surface area is 87.8 Å². The van der Waals surface area contributed by atoms with Gasteiger partial charge in [0.05, 0.1) is 6.42 Å². The maximum absolute atomic E-state index is 10.8. The number of ether oxygens (including phenoxy) is 1. The molecule has 1 aromatic carbocycles. The Hall–Kier alpha value is -1.59. The lowest BCUT2D eigenvalue weighted by Gasteiger charge is -2.05. The molecule has 0 spiro atoms. The van der Waals surface area contributed by atoms with Crippen molar-refractivity contribution in [1.82, 2.24) is 5.48 Å². The first-order chi connectivity index (χ1) is 7.26. The Morgan fingerprint density at radius 3 is 2.60 bits per heavy atom. The van der Waals surface area contributed by atoms with Gasteiger partial charge in [-0.1, -0.05) is 12.1 Å². The van der Waals surface area contributed by atoms with Gasteiger partial charge in [0, 0.05) is 6.54 Å². The molecule has 5 heteroatoms. The van der Waals surface area contributed by atoms with Crippen LogP contribution < -0.4 is 16.0 Å². The average Bonchev–Trinajstić information content (AvgIpc) is 2.28. The van der Waals surface area contributed by atoms with Gasteiger partial charge in [-0.05, 0) is 17.7 Å². The second kappa shape index (κ2) is 6.00. The number of benzene rings is 1. The van der Waals surface area contributed by atoms with Crippen LogP contribution >= 0.6 is 0 Å². The summed E-state index contributed by atoms with van der Waals surface area (Å²) in [6.45, 7) is 0.936. The maximum atomic E-state index is 10.8. The summed E-state index contributed by atoms with van der Waals surface area (Å²) in [6, 6.07) is 7.05. The van der Waals surface area contributed by atoms with E-state index >= 15 is 0 Å². The molecule has 0 saturated heterocycles. The normalized spacial score (nSPS) is 9.73. The molecule has 0 saturated carbocycles. The third-order valence-corrected chi connectivity index (χ3v) is 1.80. The number of amides is 1. The Morgan fingerprint density at radius 2 is 2.07 bits per heavy atom. The van der Waals surface area contributed by atoms with Crippen molar-refractivity contribution in [2.75, 3.05) is 13.2 Å². The zero-order chi connectivity index (χ0) is 11.1. The highest BCUT2D eigenvalue weighted by atomic mass is 16.5. The van der Waals surface area contributed by atoms with Gasteiger partial charge in [0.25, 0.3) is 0 Å². The molecular formula is C10H14N2O3. The Kier molecular flexibility index (Phi) is 4.59. The molecule has 5 nitrogen and oxygen atoms in total. The Balaban J connectivity index is 2.52. The number of rotatable bonds is 5. The Bertz CT molecular complexity index is 311. The Morgan fingerprint density at radius 1 is 1.40 bits per heavy atom. The highest BCUT2D eigenvalue weighted by molar-refractivity contribution is 5.77. The molecule has 15 heavy (non-hydrogen) atoms. The number of hydrogen-bond donors (Lipinski definition) is 3. The van der Waals surface area contributed by atoms with Gasteiger partial charge in [-0.3, -0.25) is 10.0 Å². The van der Waals surface area contributed by atoms with E-state index in [1.807, 2.05) is 0 Å². The molecule has 82 valence electrons. The fourth-order valence-electron chi connectivity index (χ4n) is 1.11. The second-order valence-corrected chi connectivity index (χ2v) is 2.99. The summed E-state index contributed by atoms with van der Waals surface area (Å²) in [5.41, 5.74) is 7.67. The molecule has 0 heterocycles. The lowest BCUT2D eigenvalue weighted by Crippen LogP contribution is -2.20. The molecule has 0 fully saturated rings. The second-order valence-electron chi connectivity index (χ2n) is 2.99. The summed E-state index contributed by atoms with van der Waals surface area (Å²) in [7, 11) is 0. The smallest absolute Gasteiger partial charge is 0.247 e. The van der Waals surface area contributed by atoms with Gasteiger partial charge in [0.15, 0.2) is 0 Å². The third kappa shape index (κ3) is 3.97. The first kappa shape index (κ1) is 11.5. The van der Waals surface area contributed by atoms with Crippen molar-refractivity contribution in [3.05, 3.63) is 29.8 Å². The van der Waals surface area contributed by atoms with Gasteiger partial charge in [0.1, 0.15) is 12.4 Å². The predicted molar refractivity (Wildman–Crippen MR) is 54.6 cm³/mol. The van der Waals surface area contributed by atoms with Crippen LogP contribution in [0.1, 0.15) is 5.56 Å². The maximum Gasteiger partial charge on any atom is 0.247 e. The SMILES string of the molecule is NCCOc1ccc(CC(=O)NO)cc1. The molecule has 1 aromatic rings. The third-order valence-electron chi connectivity index (χ3n) is 1.80. The van der Waals surface area contributed by atoms with Crippen LogP contribution in [0.15, 0.2) is 24.3 Å². The van der Waals surface area contributed by atoms with Crippen LogP contribution in [-0.4, -0.2) is 24.3 Å². The summed E-state index contributed by atoms with van der Waals surface area (Å²) in [5.74, 6) is 0.277. The van der Waals surface area contributed by atoms with Gasteiger partial charge in [-0.25, -0.2) is 5.48 Å². The molecule has 0 aliphatic carbocycles. The topological polar surface area (TPSA) is 84.6 Å². The van der Waals surface area contributed by atoms with Crippen molar-refractivity contribution >= 4 is 5.91 Å². The largest absolute Gasteiger partial charge is 0.492 e. The minimum absolute atomic E-state index is 0.146. The van der Waals surface area contributed by atoms with Crippen LogP contribution in [0, 0.1) is 0 Å². The molecule has 0 unspecified atom stereocenters. The molecule has 1 amide bonds. The number of hydroxylamine groups is 1. The number of nitrogens with two attached hydrogens (primary N) is 1. The molecule has 0 aliphatic heterocycles. The first-order valence-electron chi connectivity index (χ1n) is 4.61. The summed E-state index contributed by atoms with van der Waals surface area (Å²) in [6.07, 6.45) is 0.146. The highest BCUT2D eigenvalue weighted by Crippen LogP contribution is 2.12. The fourth-order valence-corrected chi connectivity index (χ4v) is 1.11. The van der Waals surface area contributed by atoms with Crippen molar-refractivity contribution in [1.29, 1.82) is 0 Å². The van der Waals surface area contributed by atoms with E-state index in [1.54, 1.807) is 29.7 Å². The minimum Gasteiger partial charge on any atom is -0.492 e. The minimum atomic E-state index is -0.439. The van der Waals surface area contributed by atoms with E-state index < -0.39 is 5.91 Å². The molecule has 0 bridgehead atoms. The van der Waals surface area contributed by atoms with Crippen LogP contribution in [-0.2, 0) is 11.2 Å². The average molecular weight is 210 g/mol. The molecule has 1 rings (SSSR count). The van der Waals surface area contributed by atoms with E-state index in [4.69, 9.17) is 15.7 Å². The van der Waals surface area contributed by atoms with Crippen LogP contribution in [0.5, 0.6) is 5.75 Å². The monoisotopic (exact) mass is 210 g/mol. The summed E-state index contributed by atoms with van der Waals surface area (Å²) < 4.78 is 5.27. The van der Waals surface area contributed by atoms with Gasteiger partial charge in [-0.2, -0.15) is 0 Å². The molecule has 0 aliphatic rings. The quantitative estimate of drug-likeness (QED) is 0.474. The lowest BCUT2D eigenvalue weighted by atomic mass is 10.1. The lowest BCUT2D eigenvalue weighted by molar-refractivity contribution is -0.128. The van der Waals surface area contributed by atoms with Gasteiger partial charge < -0.3 is 10.5 Å². The molecule has 0 atom stereocenters. The van der Waals surface area contributed by atoms with Crippen LogP contribution in [0.3, 0.4) is 0 Å². The first-order valence-corrected chi connectivity index (χ1v) is 4.61. The standard InChI is InChI=1S/C10H14N2O3/c11-5-6-15-9-3-1-8(2-4-9)7-10(13)12-14/h1-4,14H,5-7,11H2,(H,12,13). The zero-order valence-electron chi connectivity index (χ0n) is 8.27. The van der Waals surface area contributed by atoms with Crippen molar-refractivity contribution < 1.29 is 14.7 Å². The van der Waals surface area contributed by atoms with Gasteiger partial charge >= 0.3 is 0 Å². The molecule has 0 aromatic heterocycles. The van der Waals surface area contributed by atoms with E-state index in [9.17, 15) is 4.79 Å². The van der Waals surface area contributed by atoms with Crippen molar-refractivity contribution in [2.45, 2.75) is 6.42 Å². The van der Waals surface area contributed by atoms with E-state index in [1.165, 1.54) is 0 Å². The number of carbonyl (C=O) groups is 1. The van der Waals surface area contributed by atoms with E-state index in [0.29, 0.717) is 18.9 Å². The van der Waals surface area contributed by atoms with Crippen molar-refractivity contribution in [3.8, 4) is 5.75 Å². The zero-order valence-corrected chi connectivity index (χ0v) is 8.27. The van der Waals surface area contributed by atoms with Gasteiger partial charge in [-0.15, -0.1) is 0 Å². The van der Waals surface area contributed by atoms with Crippen molar-refractivity contribution in [3.63, 3.8) is 0 Å². The highest BCUT2D eigenvalue weighted by Gasteiger charge is 2.01. The fraction of sp³-hybridized carbons (Fsp3) is 0.300. The van der Waals surface area contributed by atoms with Crippen LogP contribution in [0.25, 0.3) is 0 Å². The van der Waals surface area contributed by atoms with Gasteiger partial charge in [0.2, 0.25) is 5.91 Å². The van der Waals surface area contributed by atoms with Crippen LogP contribution in [0.4, 0.5) is 0 Å². The molecule has 0 radical (unpaired) electrons. The van der Waals surface area contributed by atoms with Crippen LogP contribution in [0.2, 0.25) is 0 Å². The number of nitrogens with one attached hydrogen (secondary N) is 1. The number of carbonyl (C=O) groups excluding carboxylic acids is 1. The predicted octanol–water partition coefficient (Wildman–Crippen LogP) is 0.0720. The molecule has 4 N–H and O–H groups in total. The van der Waals surface area contributed by atoms with E-state index in [2.05, 4.69) is 0 Å². The summed E-state index contributed by atoms with van der Waals surface area (Å²) in [4.78, 5) is 10.8. The van der Waals surface area contributed by atoms with E-state index in [0.717, 1.165) is 5.56 Å².